The van der Waals surface area contributed by atoms with Crippen LogP contribution >= 0.6 is 11.6 Å². The fourth-order valence-electron chi connectivity index (χ4n) is 1.89. The van der Waals surface area contributed by atoms with Crippen LogP contribution in [0, 0.1) is 15.9 Å². The summed E-state index contributed by atoms with van der Waals surface area (Å²) < 4.78 is 13.3. The molecular formula is C15H12ClFN2O4. The molecule has 1 amide bonds. The van der Waals surface area contributed by atoms with Crippen molar-refractivity contribution >= 4 is 23.2 Å². The van der Waals surface area contributed by atoms with Crippen LogP contribution in [-0.2, 0) is 0 Å². The molecule has 2 N–H and O–H groups in total. The van der Waals surface area contributed by atoms with Crippen molar-refractivity contribution in [3.05, 3.63) is 74.5 Å². The number of aliphatic hydroxyl groups excluding tert-OH is 1. The molecule has 2 aromatic rings. The zero-order valence-corrected chi connectivity index (χ0v) is 12.5. The van der Waals surface area contributed by atoms with E-state index in [0.717, 1.165) is 12.1 Å². The van der Waals surface area contributed by atoms with Gasteiger partial charge < -0.3 is 10.4 Å². The smallest absolute Gasteiger partial charge is 0.270 e. The molecule has 0 aliphatic carbocycles. The largest absolute Gasteiger partial charge is 0.387 e. The summed E-state index contributed by atoms with van der Waals surface area (Å²) in [6, 6.07) is 9.01. The molecule has 8 heteroatoms. The van der Waals surface area contributed by atoms with Crippen LogP contribution in [0.5, 0.6) is 0 Å². The molecule has 0 aromatic heterocycles. The van der Waals surface area contributed by atoms with E-state index in [2.05, 4.69) is 5.32 Å². The number of rotatable bonds is 5. The van der Waals surface area contributed by atoms with Gasteiger partial charge in [0.15, 0.2) is 0 Å². The Bertz CT molecular complexity index is 754. The summed E-state index contributed by atoms with van der Waals surface area (Å²) in [7, 11) is 0. The Labute approximate surface area is 135 Å². The normalized spacial score (nSPS) is 11.8. The Kier molecular flexibility index (Phi) is 5.25. The van der Waals surface area contributed by atoms with Crippen LogP contribution in [-0.4, -0.2) is 22.5 Å². The van der Waals surface area contributed by atoms with Gasteiger partial charge in [-0.15, -0.1) is 0 Å². The number of aliphatic hydroxyl groups is 1. The van der Waals surface area contributed by atoms with Gasteiger partial charge in [0.2, 0.25) is 0 Å². The molecule has 0 spiro atoms. The van der Waals surface area contributed by atoms with E-state index in [-0.39, 0.29) is 28.4 Å². The number of halogens is 2. The first-order chi connectivity index (χ1) is 10.9. The molecule has 0 aliphatic heterocycles. The van der Waals surface area contributed by atoms with Crippen LogP contribution in [0.15, 0.2) is 42.5 Å². The molecule has 120 valence electrons. The molecule has 23 heavy (non-hydrogen) atoms. The van der Waals surface area contributed by atoms with Crippen molar-refractivity contribution in [3.8, 4) is 0 Å². The van der Waals surface area contributed by atoms with E-state index in [0.29, 0.717) is 0 Å². The Hall–Kier alpha value is -2.51. The van der Waals surface area contributed by atoms with Gasteiger partial charge in [0, 0.05) is 24.2 Å². The Balaban J connectivity index is 2.02. The number of benzene rings is 2. The third-order valence-corrected chi connectivity index (χ3v) is 3.41. The lowest BCUT2D eigenvalue weighted by molar-refractivity contribution is -0.384. The van der Waals surface area contributed by atoms with Crippen molar-refractivity contribution in [3.63, 3.8) is 0 Å². The Morgan fingerprint density at radius 2 is 2.09 bits per heavy atom. The zero-order valence-electron chi connectivity index (χ0n) is 11.7. The molecule has 0 aliphatic rings. The summed E-state index contributed by atoms with van der Waals surface area (Å²) in [6.07, 6.45) is -1.13. The fraction of sp³-hybridized carbons (Fsp3) is 0.133. The third kappa shape index (κ3) is 4.24. The number of carbonyl (C=O) groups is 1. The summed E-state index contributed by atoms with van der Waals surface area (Å²) in [4.78, 5) is 22.0. The number of nitro benzene ring substituents is 1. The number of hydrogen-bond donors (Lipinski definition) is 2. The maximum Gasteiger partial charge on any atom is 0.270 e. The van der Waals surface area contributed by atoms with Crippen molar-refractivity contribution in [2.24, 2.45) is 0 Å². The van der Waals surface area contributed by atoms with Crippen molar-refractivity contribution in [1.82, 2.24) is 5.32 Å². The third-order valence-electron chi connectivity index (χ3n) is 3.10. The second-order valence-electron chi connectivity index (χ2n) is 4.71. The Morgan fingerprint density at radius 1 is 1.35 bits per heavy atom. The van der Waals surface area contributed by atoms with Gasteiger partial charge in [-0.2, -0.15) is 0 Å². The number of non-ortho nitro benzene ring substituents is 1. The number of hydrogen-bond acceptors (Lipinski definition) is 4. The van der Waals surface area contributed by atoms with Crippen molar-refractivity contribution in [1.29, 1.82) is 0 Å². The number of nitrogens with one attached hydrogen (secondary N) is 1. The van der Waals surface area contributed by atoms with E-state index < -0.39 is 22.8 Å². The highest BCUT2D eigenvalue weighted by molar-refractivity contribution is 6.30. The molecule has 0 radical (unpaired) electrons. The molecule has 0 heterocycles. The van der Waals surface area contributed by atoms with E-state index >= 15 is 0 Å². The predicted molar refractivity (Wildman–Crippen MR) is 81.8 cm³/mol. The summed E-state index contributed by atoms with van der Waals surface area (Å²) in [6.45, 7) is -0.178. The number of carbonyl (C=O) groups excluding carboxylic acids is 1. The lowest BCUT2D eigenvalue weighted by atomic mass is 10.1. The van der Waals surface area contributed by atoms with Crippen LogP contribution in [0.2, 0.25) is 5.02 Å². The van der Waals surface area contributed by atoms with Crippen LogP contribution in [0.25, 0.3) is 0 Å². The van der Waals surface area contributed by atoms with Gasteiger partial charge in [-0.05, 0) is 23.8 Å². The lowest BCUT2D eigenvalue weighted by Crippen LogP contribution is -2.28. The van der Waals surface area contributed by atoms with Gasteiger partial charge >= 0.3 is 0 Å². The van der Waals surface area contributed by atoms with Crippen LogP contribution in [0.4, 0.5) is 10.1 Å². The predicted octanol–water partition coefficient (Wildman–Crippen LogP) is 2.85. The zero-order chi connectivity index (χ0) is 17.0. The van der Waals surface area contributed by atoms with E-state index in [4.69, 9.17) is 11.6 Å². The van der Waals surface area contributed by atoms with Gasteiger partial charge in [0.1, 0.15) is 5.82 Å². The minimum absolute atomic E-state index is 0.0680. The maximum absolute atomic E-state index is 13.3. The van der Waals surface area contributed by atoms with Gasteiger partial charge in [-0.3, -0.25) is 14.9 Å². The minimum atomic E-state index is -1.13. The van der Waals surface area contributed by atoms with E-state index in [1.165, 1.54) is 30.3 Å². The van der Waals surface area contributed by atoms with Gasteiger partial charge in [0.05, 0.1) is 16.0 Å². The monoisotopic (exact) mass is 338 g/mol. The van der Waals surface area contributed by atoms with Gasteiger partial charge in [0.25, 0.3) is 11.6 Å². The lowest BCUT2D eigenvalue weighted by Gasteiger charge is -2.12. The minimum Gasteiger partial charge on any atom is -0.387 e. The van der Waals surface area contributed by atoms with Crippen molar-refractivity contribution < 1.29 is 19.2 Å². The van der Waals surface area contributed by atoms with Crippen LogP contribution in [0.3, 0.4) is 0 Å². The van der Waals surface area contributed by atoms with Gasteiger partial charge in [-0.1, -0.05) is 23.7 Å². The average Bonchev–Trinajstić information content (AvgIpc) is 2.54. The molecule has 0 saturated heterocycles. The topological polar surface area (TPSA) is 92.5 Å². The first-order valence-corrected chi connectivity index (χ1v) is 6.92. The van der Waals surface area contributed by atoms with E-state index in [1.54, 1.807) is 0 Å². The molecule has 0 saturated carbocycles. The van der Waals surface area contributed by atoms with Crippen LogP contribution in [0.1, 0.15) is 22.0 Å². The average molecular weight is 339 g/mol. The highest BCUT2D eigenvalue weighted by Gasteiger charge is 2.14. The van der Waals surface area contributed by atoms with Crippen LogP contribution < -0.4 is 5.32 Å². The summed E-state index contributed by atoms with van der Waals surface area (Å²) in [5.41, 5.74) is 0.137. The number of amides is 1. The second-order valence-corrected chi connectivity index (χ2v) is 5.11. The molecular weight excluding hydrogens is 327 g/mol. The van der Waals surface area contributed by atoms with Crippen molar-refractivity contribution in [2.45, 2.75) is 6.10 Å². The molecule has 1 atom stereocenters. The highest BCUT2D eigenvalue weighted by Crippen LogP contribution is 2.20. The summed E-state index contributed by atoms with van der Waals surface area (Å²) in [5, 5.41) is 23.0. The fourth-order valence-corrected chi connectivity index (χ4v) is 2.01. The Morgan fingerprint density at radius 3 is 2.74 bits per heavy atom. The van der Waals surface area contributed by atoms with Gasteiger partial charge in [-0.25, -0.2) is 4.39 Å². The molecule has 2 aromatic carbocycles. The first kappa shape index (κ1) is 16.9. The van der Waals surface area contributed by atoms with E-state index in [1.807, 2.05) is 0 Å². The second kappa shape index (κ2) is 7.17. The van der Waals surface area contributed by atoms with Crippen molar-refractivity contribution in [2.75, 3.05) is 6.54 Å². The molecule has 6 nitrogen and oxygen atoms in total. The molecule has 1 unspecified atom stereocenters. The summed E-state index contributed by atoms with van der Waals surface area (Å²) >= 11 is 5.55. The maximum atomic E-state index is 13.3. The number of nitrogens with zero attached hydrogens (tertiary/aromatic N) is 1. The standard InChI is InChI=1S/C15H12ClFN2O4/c16-12-5-4-9(7-13(12)17)14(20)8-18-15(21)10-2-1-3-11(6-10)19(22)23/h1-7,14,20H,8H2,(H,18,21). The summed E-state index contributed by atoms with van der Waals surface area (Å²) in [5.74, 6) is -1.25. The van der Waals surface area contributed by atoms with E-state index in [9.17, 15) is 24.4 Å². The molecule has 0 bridgehead atoms. The SMILES string of the molecule is O=C(NCC(O)c1ccc(Cl)c(F)c1)c1cccc([N+](=O)[O-])c1. The quantitative estimate of drug-likeness (QED) is 0.647. The highest BCUT2D eigenvalue weighted by atomic mass is 35.5. The number of nitro groups is 1. The molecule has 0 fully saturated rings. The first-order valence-electron chi connectivity index (χ1n) is 6.54. The molecule has 2 rings (SSSR count).